The molecule has 0 aliphatic rings. The summed E-state index contributed by atoms with van der Waals surface area (Å²) < 4.78 is 41.1. The maximum absolute atomic E-state index is 13.7. The first-order chi connectivity index (χ1) is 9.25. The average molecular weight is 278 g/mol. The Morgan fingerprint density at radius 1 is 0.750 bits per heavy atom. The van der Waals surface area contributed by atoms with Crippen LogP contribution in [0.1, 0.15) is 29.2 Å². The number of hydrogen-bond acceptors (Lipinski definition) is 0. The molecule has 0 amide bonds. The van der Waals surface area contributed by atoms with Gasteiger partial charge in [-0.2, -0.15) is 13.2 Å². The van der Waals surface area contributed by atoms with E-state index in [1.807, 2.05) is 6.92 Å². The monoisotopic (exact) mass is 278 g/mol. The highest BCUT2D eigenvalue weighted by atomic mass is 19.4. The highest BCUT2D eigenvalue weighted by Crippen LogP contribution is 2.46. The Bertz CT molecular complexity index is 596. The minimum absolute atomic E-state index is 0.265. The van der Waals surface area contributed by atoms with Gasteiger partial charge in [0.05, 0.1) is 0 Å². The normalized spacial score (nSPS) is 14.9. The van der Waals surface area contributed by atoms with Crippen LogP contribution in [0.25, 0.3) is 0 Å². The molecule has 20 heavy (non-hydrogen) atoms. The molecule has 0 aromatic heterocycles. The van der Waals surface area contributed by atoms with Crippen molar-refractivity contribution in [2.24, 2.45) is 0 Å². The zero-order valence-electron chi connectivity index (χ0n) is 11.8. The number of rotatable bonds is 2. The summed E-state index contributed by atoms with van der Waals surface area (Å²) >= 11 is 0. The first-order valence-electron chi connectivity index (χ1n) is 6.46. The van der Waals surface area contributed by atoms with Crippen LogP contribution < -0.4 is 0 Å². The van der Waals surface area contributed by atoms with E-state index in [-0.39, 0.29) is 11.1 Å². The van der Waals surface area contributed by atoms with Crippen molar-refractivity contribution in [1.82, 2.24) is 0 Å². The van der Waals surface area contributed by atoms with Crippen LogP contribution in [0.2, 0.25) is 0 Å². The van der Waals surface area contributed by atoms with Crippen molar-refractivity contribution < 1.29 is 13.2 Å². The predicted octanol–water partition coefficient (Wildman–Crippen LogP) is 5.17. The lowest BCUT2D eigenvalue weighted by molar-refractivity contribution is -0.173. The second-order valence-corrected chi connectivity index (χ2v) is 5.36. The third kappa shape index (κ3) is 2.45. The molecule has 0 aliphatic carbocycles. The van der Waals surface area contributed by atoms with E-state index in [1.165, 1.54) is 6.92 Å². The predicted molar refractivity (Wildman–Crippen MR) is 74.9 cm³/mol. The molecule has 0 heterocycles. The molecular formula is C17H17F3. The standard InChI is InChI=1S/C17H17F3/c1-12-7-9-14(10-8-12)16(3,17(18,19)20)15-6-4-5-13(2)11-15/h4-11H,1-3H3. The molecule has 1 atom stereocenters. The van der Waals surface area contributed by atoms with Crippen LogP contribution in [0, 0.1) is 13.8 Å². The lowest BCUT2D eigenvalue weighted by atomic mass is 9.75. The Kier molecular flexibility index (Phi) is 3.63. The van der Waals surface area contributed by atoms with Gasteiger partial charge in [0.1, 0.15) is 5.41 Å². The SMILES string of the molecule is Cc1ccc(C(C)(c2cccc(C)c2)C(F)(F)F)cc1. The van der Waals surface area contributed by atoms with E-state index in [2.05, 4.69) is 0 Å². The van der Waals surface area contributed by atoms with Crippen LogP contribution in [0.5, 0.6) is 0 Å². The van der Waals surface area contributed by atoms with Crippen LogP contribution in [0.4, 0.5) is 13.2 Å². The molecule has 0 N–H and O–H groups in total. The molecule has 0 radical (unpaired) electrons. The molecule has 0 saturated carbocycles. The van der Waals surface area contributed by atoms with Gasteiger partial charge in [0.2, 0.25) is 0 Å². The van der Waals surface area contributed by atoms with Crippen LogP contribution in [-0.2, 0) is 5.41 Å². The quantitative estimate of drug-likeness (QED) is 0.710. The van der Waals surface area contributed by atoms with Crippen molar-refractivity contribution in [3.8, 4) is 0 Å². The van der Waals surface area contributed by atoms with E-state index in [1.54, 1.807) is 55.5 Å². The van der Waals surface area contributed by atoms with Crippen molar-refractivity contribution >= 4 is 0 Å². The smallest absolute Gasteiger partial charge is 0.170 e. The minimum atomic E-state index is -4.35. The third-order valence-electron chi connectivity index (χ3n) is 3.79. The first kappa shape index (κ1) is 14.6. The second kappa shape index (κ2) is 4.97. The Morgan fingerprint density at radius 3 is 1.85 bits per heavy atom. The molecule has 0 nitrogen and oxygen atoms in total. The van der Waals surface area contributed by atoms with Crippen LogP contribution >= 0.6 is 0 Å². The Balaban J connectivity index is 2.66. The van der Waals surface area contributed by atoms with Gasteiger partial charge in [0.25, 0.3) is 0 Å². The third-order valence-corrected chi connectivity index (χ3v) is 3.79. The summed E-state index contributed by atoms with van der Waals surface area (Å²) in [6.45, 7) is 4.91. The van der Waals surface area contributed by atoms with Crippen molar-refractivity contribution in [3.63, 3.8) is 0 Å². The van der Waals surface area contributed by atoms with Gasteiger partial charge >= 0.3 is 6.18 Å². The fourth-order valence-electron chi connectivity index (χ4n) is 2.34. The lowest BCUT2D eigenvalue weighted by Gasteiger charge is -2.33. The topological polar surface area (TPSA) is 0 Å². The van der Waals surface area contributed by atoms with E-state index in [9.17, 15) is 13.2 Å². The van der Waals surface area contributed by atoms with E-state index < -0.39 is 11.6 Å². The van der Waals surface area contributed by atoms with Gasteiger partial charge in [-0.25, -0.2) is 0 Å². The zero-order chi connectivity index (χ0) is 15.0. The summed E-state index contributed by atoms with van der Waals surface area (Å²) in [5.74, 6) is 0. The maximum atomic E-state index is 13.7. The van der Waals surface area contributed by atoms with Crippen LogP contribution in [-0.4, -0.2) is 6.18 Å². The van der Waals surface area contributed by atoms with E-state index in [0.29, 0.717) is 0 Å². The summed E-state index contributed by atoms with van der Waals surface area (Å²) in [5.41, 5.74) is 0.315. The number of hydrogen-bond donors (Lipinski definition) is 0. The molecule has 106 valence electrons. The van der Waals surface area contributed by atoms with Crippen molar-refractivity contribution in [3.05, 3.63) is 70.8 Å². The van der Waals surface area contributed by atoms with Gasteiger partial charge in [-0.05, 0) is 31.9 Å². The first-order valence-corrected chi connectivity index (χ1v) is 6.46. The van der Waals surface area contributed by atoms with Crippen molar-refractivity contribution in [2.45, 2.75) is 32.4 Å². The molecule has 3 heteroatoms. The molecule has 2 rings (SSSR count). The minimum Gasteiger partial charge on any atom is -0.170 e. The highest BCUT2D eigenvalue weighted by Gasteiger charge is 2.53. The molecule has 1 unspecified atom stereocenters. The Labute approximate surface area is 117 Å². The molecule has 2 aromatic rings. The molecular weight excluding hydrogens is 261 g/mol. The molecule has 0 bridgehead atoms. The van der Waals surface area contributed by atoms with E-state index in [4.69, 9.17) is 0 Å². The lowest BCUT2D eigenvalue weighted by Crippen LogP contribution is -2.40. The summed E-state index contributed by atoms with van der Waals surface area (Å²) in [5, 5.41) is 0. The zero-order valence-corrected chi connectivity index (χ0v) is 11.8. The van der Waals surface area contributed by atoms with Crippen molar-refractivity contribution in [2.75, 3.05) is 0 Å². The van der Waals surface area contributed by atoms with Crippen molar-refractivity contribution in [1.29, 1.82) is 0 Å². The number of benzene rings is 2. The van der Waals surface area contributed by atoms with Crippen LogP contribution in [0.3, 0.4) is 0 Å². The van der Waals surface area contributed by atoms with Gasteiger partial charge in [0, 0.05) is 0 Å². The maximum Gasteiger partial charge on any atom is 0.402 e. The summed E-state index contributed by atoms with van der Waals surface area (Å²) in [6, 6.07) is 13.2. The van der Waals surface area contributed by atoms with E-state index >= 15 is 0 Å². The molecule has 0 fully saturated rings. The number of halogens is 3. The summed E-state index contributed by atoms with van der Waals surface area (Å²) in [6.07, 6.45) is -4.35. The summed E-state index contributed by atoms with van der Waals surface area (Å²) in [7, 11) is 0. The Hall–Kier alpha value is -1.77. The fourth-order valence-corrected chi connectivity index (χ4v) is 2.34. The average Bonchev–Trinajstić information content (AvgIpc) is 2.37. The molecule has 2 aromatic carbocycles. The van der Waals surface area contributed by atoms with Crippen LogP contribution in [0.15, 0.2) is 48.5 Å². The molecule has 0 spiro atoms. The Morgan fingerprint density at radius 2 is 1.35 bits per heavy atom. The van der Waals surface area contributed by atoms with Gasteiger partial charge in [-0.15, -0.1) is 0 Å². The molecule has 0 saturated heterocycles. The largest absolute Gasteiger partial charge is 0.402 e. The second-order valence-electron chi connectivity index (χ2n) is 5.36. The van der Waals surface area contributed by atoms with Gasteiger partial charge in [-0.3, -0.25) is 0 Å². The molecule has 0 aliphatic heterocycles. The number of alkyl halides is 3. The van der Waals surface area contributed by atoms with Gasteiger partial charge in [0.15, 0.2) is 0 Å². The fraction of sp³-hybridized carbons (Fsp3) is 0.294. The van der Waals surface area contributed by atoms with Gasteiger partial charge < -0.3 is 0 Å². The van der Waals surface area contributed by atoms with E-state index in [0.717, 1.165) is 11.1 Å². The number of aryl methyl sites for hydroxylation is 2. The van der Waals surface area contributed by atoms with Gasteiger partial charge in [-0.1, -0.05) is 59.7 Å². The highest BCUT2D eigenvalue weighted by molar-refractivity contribution is 5.42. The summed E-state index contributed by atoms with van der Waals surface area (Å²) in [4.78, 5) is 0.